The van der Waals surface area contributed by atoms with E-state index in [0.29, 0.717) is 30.3 Å². The fraction of sp³-hybridized carbons (Fsp3) is 0.444. The summed E-state index contributed by atoms with van der Waals surface area (Å²) < 4.78 is 25.6. The second-order valence-corrected chi connectivity index (χ2v) is 6.23. The number of benzene rings is 1. The van der Waals surface area contributed by atoms with Gasteiger partial charge in [-0.1, -0.05) is 12.1 Å². The van der Waals surface area contributed by atoms with E-state index in [0.717, 1.165) is 31.7 Å². The Morgan fingerprint density at radius 1 is 1.08 bits per heavy atom. The molecule has 3 heterocycles. The SMILES string of the molecule is Cc1nc(-c2ccccc2F)cc(N2CCC3(CC2)OCCO3)n1. The summed E-state index contributed by atoms with van der Waals surface area (Å²) in [5.74, 6) is 0.785. The van der Waals surface area contributed by atoms with Gasteiger partial charge in [-0.25, -0.2) is 14.4 Å². The molecule has 2 aliphatic rings. The molecule has 0 unspecified atom stereocenters. The third kappa shape index (κ3) is 2.87. The van der Waals surface area contributed by atoms with Gasteiger partial charge >= 0.3 is 0 Å². The van der Waals surface area contributed by atoms with Crippen LogP contribution in [0, 0.1) is 12.7 Å². The number of nitrogens with zero attached hydrogens (tertiary/aromatic N) is 3. The topological polar surface area (TPSA) is 47.5 Å². The summed E-state index contributed by atoms with van der Waals surface area (Å²) in [7, 11) is 0. The van der Waals surface area contributed by atoms with E-state index in [-0.39, 0.29) is 5.82 Å². The summed E-state index contributed by atoms with van der Waals surface area (Å²) in [4.78, 5) is 11.1. The number of anilines is 1. The average molecular weight is 329 g/mol. The van der Waals surface area contributed by atoms with Gasteiger partial charge in [0.2, 0.25) is 0 Å². The Balaban J connectivity index is 1.59. The Hall–Kier alpha value is -2.05. The summed E-state index contributed by atoms with van der Waals surface area (Å²) >= 11 is 0. The highest BCUT2D eigenvalue weighted by Crippen LogP contribution is 2.33. The molecule has 1 aromatic carbocycles. The van der Waals surface area contributed by atoms with E-state index in [1.807, 2.05) is 19.1 Å². The first-order valence-electron chi connectivity index (χ1n) is 8.29. The molecule has 2 saturated heterocycles. The first-order valence-corrected chi connectivity index (χ1v) is 8.29. The van der Waals surface area contributed by atoms with Crippen LogP contribution in [0.1, 0.15) is 18.7 Å². The van der Waals surface area contributed by atoms with Gasteiger partial charge in [-0.05, 0) is 19.1 Å². The number of hydrogen-bond acceptors (Lipinski definition) is 5. The third-order valence-electron chi connectivity index (χ3n) is 4.64. The molecule has 2 fully saturated rings. The van der Waals surface area contributed by atoms with Crippen LogP contribution in [0.5, 0.6) is 0 Å². The summed E-state index contributed by atoms with van der Waals surface area (Å²) in [6.07, 6.45) is 1.62. The van der Waals surface area contributed by atoms with Crippen molar-refractivity contribution in [1.29, 1.82) is 0 Å². The summed E-state index contributed by atoms with van der Waals surface area (Å²) in [5, 5.41) is 0. The molecule has 0 N–H and O–H groups in total. The zero-order chi connectivity index (χ0) is 16.6. The summed E-state index contributed by atoms with van der Waals surface area (Å²) in [5.41, 5.74) is 1.12. The fourth-order valence-corrected chi connectivity index (χ4v) is 3.38. The van der Waals surface area contributed by atoms with Crippen LogP contribution in [0.4, 0.5) is 10.2 Å². The Morgan fingerprint density at radius 3 is 2.50 bits per heavy atom. The van der Waals surface area contributed by atoms with Crippen LogP contribution in [0.3, 0.4) is 0 Å². The summed E-state index contributed by atoms with van der Waals surface area (Å²) in [6.45, 7) is 4.77. The minimum atomic E-state index is -0.410. The van der Waals surface area contributed by atoms with Crippen molar-refractivity contribution in [2.24, 2.45) is 0 Å². The van der Waals surface area contributed by atoms with Crippen LogP contribution < -0.4 is 4.90 Å². The standard InChI is InChI=1S/C18H20FN3O2/c1-13-20-16(14-4-2-3-5-15(14)19)12-17(21-13)22-8-6-18(7-9-22)23-10-11-24-18/h2-5,12H,6-11H2,1H3. The molecule has 6 heteroatoms. The quantitative estimate of drug-likeness (QED) is 0.848. The van der Waals surface area contributed by atoms with Crippen LogP contribution in [0.2, 0.25) is 0 Å². The Bertz CT molecular complexity index is 737. The van der Waals surface area contributed by atoms with Crippen molar-refractivity contribution in [3.05, 3.63) is 42.0 Å². The smallest absolute Gasteiger partial charge is 0.171 e. The van der Waals surface area contributed by atoms with Gasteiger partial charge in [-0.2, -0.15) is 0 Å². The lowest BCUT2D eigenvalue weighted by molar-refractivity contribution is -0.169. The molecular weight excluding hydrogens is 309 g/mol. The maximum atomic E-state index is 14.1. The maximum absolute atomic E-state index is 14.1. The van der Waals surface area contributed by atoms with Crippen LogP contribution in [-0.4, -0.2) is 42.1 Å². The predicted octanol–water partition coefficient (Wildman–Crippen LogP) is 2.93. The van der Waals surface area contributed by atoms with E-state index >= 15 is 0 Å². The molecule has 0 atom stereocenters. The van der Waals surface area contributed by atoms with Gasteiger partial charge in [0.05, 0.1) is 18.9 Å². The van der Waals surface area contributed by atoms with Crippen molar-refractivity contribution in [2.75, 3.05) is 31.2 Å². The Kier molecular flexibility index (Phi) is 3.94. The number of halogens is 1. The van der Waals surface area contributed by atoms with Crippen LogP contribution >= 0.6 is 0 Å². The number of aryl methyl sites for hydroxylation is 1. The van der Waals surface area contributed by atoms with Gasteiger partial charge < -0.3 is 14.4 Å². The van der Waals surface area contributed by atoms with Crippen molar-refractivity contribution < 1.29 is 13.9 Å². The Labute approximate surface area is 140 Å². The highest BCUT2D eigenvalue weighted by atomic mass is 19.1. The number of piperidine rings is 1. The largest absolute Gasteiger partial charge is 0.356 e. The molecule has 0 bridgehead atoms. The number of hydrogen-bond donors (Lipinski definition) is 0. The zero-order valence-corrected chi connectivity index (χ0v) is 13.7. The zero-order valence-electron chi connectivity index (χ0n) is 13.7. The maximum Gasteiger partial charge on any atom is 0.171 e. The average Bonchev–Trinajstić information content (AvgIpc) is 3.03. The third-order valence-corrected chi connectivity index (χ3v) is 4.64. The molecule has 0 saturated carbocycles. The number of rotatable bonds is 2. The lowest BCUT2D eigenvalue weighted by Gasteiger charge is -2.38. The van der Waals surface area contributed by atoms with Crippen molar-refractivity contribution in [2.45, 2.75) is 25.6 Å². The molecule has 1 spiro atoms. The molecule has 0 radical (unpaired) electrons. The van der Waals surface area contributed by atoms with E-state index in [9.17, 15) is 4.39 Å². The highest BCUT2D eigenvalue weighted by Gasteiger charge is 2.40. The van der Waals surface area contributed by atoms with Crippen molar-refractivity contribution in [3.63, 3.8) is 0 Å². The van der Waals surface area contributed by atoms with Gasteiger partial charge in [0.15, 0.2) is 5.79 Å². The minimum absolute atomic E-state index is 0.271. The van der Waals surface area contributed by atoms with E-state index in [1.165, 1.54) is 6.07 Å². The molecule has 0 aliphatic carbocycles. The molecule has 1 aromatic heterocycles. The molecule has 5 nitrogen and oxygen atoms in total. The summed E-state index contributed by atoms with van der Waals surface area (Å²) in [6, 6.07) is 8.55. The predicted molar refractivity (Wildman–Crippen MR) is 88.2 cm³/mol. The number of ether oxygens (including phenoxy) is 2. The van der Waals surface area contributed by atoms with Crippen molar-refractivity contribution in [3.8, 4) is 11.3 Å². The lowest BCUT2D eigenvalue weighted by atomic mass is 10.0. The second-order valence-electron chi connectivity index (χ2n) is 6.23. The van der Waals surface area contributed by atoms with Crippen LogP contribution in [0.25, 0.3) is 11.3 Å². The monoisotopic (exact) mass is 329 g/mol. The lowest BCUT2D eigenvalue weighted by Crippen LogP contribution is -2.45. The van der Waals surface area contributed by atoms with Crippen molar-refractivity contribution >= 4 is 5.82 Å². The van der Waals surface area contributed by atoms with Crippen LogP contribution in [-0.2, 0) is 9.47 Å². The van der Waals surface area contributed by atoms with Gasteiger partial charge in [0, 0.05) is 37.6 Å². The second kappa shape index (κ2) is 6.11. The minimum Gasteiger partial charge on any atom is -0.356 e. The van der Waals surface area contributed by atoms with Crippen molar-refractivity contribution in [1.82, 2.24) is 9.97 Å². The first-order chi connectivity index (χ1) is 11.7. The molecule has 2 aromatic rings. The van der Waals surface area contributed by atoms with Gasteiger partial charge in [-0.15, -0.1) is 0 Å². The fourth-order valence-electron chi connectivity index (χ4n) is 3.38. The van der Waals surface area contributed by atoms with E-state index < -0.39 is 5.79 Å². The van der Waals surface area contributed by atoms with Gasteiger partial charge in [0.1, 0.15) is 17.5 Å². The van der Waals surface area contributed by atoms with E-state index in [4.69, 9.17) is 9.47 Å². The van der Waals surface area contributed by atoms with E-state index in [1.54, 1.807) is 12.1 Å². The molecule has 126 valence electrons. The Morgan fingerprint density at radius 2 is 1.79 bits per heavy atom. The van der Waals surface area contributed by atoms with Gasteiger partial charge in [0.25, 0.3) is 0 Å². The van der Waals surface area contributed by atoms with E-state index in [2.05, 4.69) is 14.9 Å². The molecule has 4 rings (SSSR count). The van der Waals surface area contributed by atoms with Gasteiger partial charge in [-0.3, -0.25) is 0 Å². The molecule has 24 heavy (non-hydrogen) atoms. The molecular formula is C18H20FN3O2. The highest BCUT2D eigenvalue weighted by molar-refractivity contribution is 5.63. The molecule has 2 aliphatic heterocycles. The molecule has 0 amide bonds. The number of aromatic nitrogens is 2. The normalized spacial score (nSPS) is 19.8. The first kappa shape index (κ1) is 15.5. The van der Waals surface area contributed by atoms with Crippen LogP contribution in [0.15, 0.2) is 30.3 Å².